The molecule has 0 aliphatic carbocycles. The number of carboxylic acid groups (broad SMARTS) is 1. The predicted octanol–water partition coefficient (Wildman–Crippen LogP) is 5.32. The van der Waals surface area contributed by atoms with E-state index in [1.54, 1.807) is 41.0 Å². The van der Waals surface area contributed by atoms with E-state index in [9.17, 15) is 9.90 Å². The molecule has 4 rings (SSSR count). The lowest BCUT2D eigenvalue weighted by atomic mass is 10.0. The molecular formula is C21H16Cl2N4O2. The van der Waals surface area contributed by atoms with Crippen molar-refractivity contribution in [2.24, 2.45) is 0 Å². The molecule has 2 heterocycles. The molecule has 0 amide bonds. The van der Waals surface area contributed by atoms with E-state index in [1.165, 1.54) is 0 Å². The molecule has 146 valence electrons. The fourth-order valence-electron chi connectivity index (χ4n) is 3.11. The van der Waals surface area contributed by atoms with Crippen molar-refractivity contribution in [1.29, 1.82) is 0 Å². The van der Waals surface area contributed by atoms with Gasteiger partial charge in [-0.3, -0.25) is 0 Å². The van der Waals surface area contributed by atoms with Crippen molar-refractivity contribution in [2.45, 2.75) is 13.5 Å². The molecule has 0 aliphatic heterocycles. The van der Waals surface area contributed by atoms with Gasteiger partial charge in [0, 0.05) is 34.3 Å². The van der Waals surface area contributed by atoms with Crippen LogP contribution in [0.2, 0.25) is 10.0 Å². The molecule has 0 aliphatic rings. The summed E-state index contributed by atoms with van der Waals surface area (Å²) in [6, 6.07) is 14.0. The average Bonchev–Trinajstić information content (AvgIpc) is 3.15. The Morgan fingerprint density at radius 1 is 1.14 bits per heavy atom. The highest BCUT2D eigenvalue weighted by molar-refractivity contribution is 6.35. The number of halogens is 2. The van der Waals surface area contributed by atoms with Crippen LogP contribution >= 0.6 is 23.2 Å². The minimum atomic E-state index is -0.957. The lowest BCUT2D eigenvalue weighted by Gasteiger charge is -2.13. The first-order valence-electron chi connectivity index (χ1n) is 8.79. The molecule has 29 heavy (non-hydrogen) atoms. The van der Waals surface area contributed by atoms with Gasteiger partial charge >= 0.3 is 5.97 Å². The van der Waals surface area contributed by atoms with Gasteiger partial charge in [-0.2, -0.15) is 9.61 Å². The van der Waals surface area contributed by atoms with Crippen LogP contribution in [0.25, 0.3) is 16.9 Å². The van der Waals surface area contributed by atoms with Crippen LogP contribution in [-0.4, -0.2) is 25.7 Å². The molecule has 0 bridgehead atoms. The Morgan fingerprint density at radius 2 is 1.97 bits per heavy atom. The number of carboxylic acids is 1. The van der Waals surface area contributed by atoms with Crippen LogP contribution in [0.3, 0.4) is 0 Å². The molecule has 0 spiro atoms. The van der Waals surface area contributed by atoms with Crippen LogP contribution in [0, 0.1) is 6.92 Å². The van der Waals surface area contributed by atoms with Crippen molar-refractivity contribution in [3.05, 3.63) is 81.5 Å². The predicted molar refractivity (Wildman–Crippen MR) is 114 cm³/mol. The van der Waals surface area contributed by atoms with E-state index in [-0.39, 0.29) is 5.56 Å². The van der Waals surface area contributed by atoms with Gasteiger partial charge in [-0.15, -0.1) is 0 Å². The quantitative estimate of drug-likeness (QED) is 0.451. The number of hydrogen-bond donors (Lipinski definition) is 2. The number of fused-ring (bicyclic) bond motifs is 1. The zero-order chi connectivity index (χ0) is 20.5. The number of anilines is 1. The summed E-state index contributed by atoms with van der Waals surface area (Å²) in [6.07, 6.45) is 1.67. The van der Waals surface area contributed by atoms with Crippen molar-refractivity contribution >= 4 is 40.6 Å². The number of benzene rings is 2. The molecule has 6 nitrogen and oxygen atoms in total. The number of aryl methyl sites for hydroxylation is 1. The molecule has 0 fully saturated rings. The summed E-state index contributed by atoms with van der Waals surface area (Å²) in [5.74, 6) is -0.219. The Hall–Kier alpha value is -3.09. The minimum Gasteiger partial charge on any atom is -0.478 e. The lowest BCUT2D eigenvalue weighted by Crippen LogP contribution is -2.07. The Bertz CT molecular complexity index is 1240. The van der Waals surface area contributed by atoms with Crippen LogP contribution in [0.1, 0.15) is 21.5 Å². The number of aromatic carboxylic acids is 1. The standard InChI is InChI=1S/C21H16Cl2N4O2/c1-12-8-13(21(28)29)3-5-16(12)18-10-20(27-19(26-18)6-7-25-27)24-11-14-2-4-15(22)9-17(14)23/h2-10,24H,11H2,1H3,(H,28,29). The molecule has 0 radical (unpaired) electrons. The number of nitrogens with one attached hydrogen (secondary N) is 1. The smallest absolute Gasteiger partial charge is 0.335 e. The van der Waals surface area contributed by atoms with Crippen LogP contribution in [0.5, 0.6) is 0 Å². The molecule has 2 aromatic carbocycles. The van der Waals surface area contributed by atoms with E-state index in [0.29, 0.717) is 22.2 Å². The SMILES string of the molecule is Cc1cc(C(=O)O)ccc1-c1cc(NCc2ccc(Cl)cc2Cl)n2nccc2n1. The molecule has 2 aromatic heterocycles. The second-order valence-corrected chi connectivity index (χ2v) is 7.40. The van der Waals surface area contributed by atoms with Crippen LogP contribution in [-0.2, 0) is 6.54 Å². The van der Waals surface area contributed by atoms with Gasteiger partial charge in [0.15, 0.2) is 5.65 Å². The summed E-state index contributed by atoms with van der Waals surface area (Å²) in [7, 11) is 0. The van der Waals surface area contributed by atoms with E-state index in [4.69, 9.17) is 23.2 Å². The summed E-state index contributed by atoms with van der Waals surface area (Å²) in [5, 5.41) is 18.0. The highest BCUT2D eigenvalue weighted by Gasteiger charge is 2.12. The van der Waals surface area contributed by atoms with Gasteiger partial charge in [-0.25, -0.2) is 9.78 Å². The van der Waals surface area contributed by atoms with Crippen LogP contribution < -0.4 is 5.32 Å². The Kier molecular flexibility index (Phi) is 5.13. The van der Waals surface area contributed by atoms with Crippen LogP contribution in [0.4, 0.5) is 5.82 Å². The first-order chi connectivity index (χ1) is 13.9. The Labute approximate surface area is 176 Å². The van der Waals surface area contributed by atoms with Crippen molar-refractivity contribution in [2.75, 3.05) is 5.32 Å². The third-order valence-electron chi connectivity index (χ3n) is 4.58. The van der Waals surface area contributed by atoms with Gasteiger partial charge in [0.1, 0.15) is 5.82 Å². The maximum atomic E-state index is 11.2. The zero-order valence-electron chi connectivity index (χ0n) is 15.4. The Morgan fingerprint density at radius 3 is 2.69 bits per heavy atom. The second kappa shape index (κ2) is 7.73. The highest BCUT2D eigenvalue weighted by atomic mass is 35.5. The van der Waals surface area contributed by atoms with Crippen molar-refractivity contribution in [3.8, 4) is 11.3 Å². The summed E-state index contributed by atoms with van der Waals surface area (Å²) in [4.78, 5) is 15.9. The largest absolute Gasteiger partial charge is 0.478 e. The first-order valence-corrected chi connectivity index (χ1v) is 9.55. The van der Waals surface area contributed by atoms with E-state index in [1.807, 2.05) is 25.1 Å². The maximum Gasteiger partial charge on any atom is 0.335 e. The highest BCUT2D eigenvalue weighted by Crippen LogP contribution is 2.27. The van der Waals surface area contributed by atoms with Crippen LogP contribution in [0.15, 0.2) is 54.7 Å². The fourth-order valence-corrected chi connectivity index (χ4v) is 3.59. The number of nitrogens with zero attached hydrogens (tertiary/aromatic N) is 3. The monoisotopic (exact) mass is 426 g/mol. The number of hydrogen-bond acceptors (Lipinski definition) is 4. The minimum absolute atomic E-state index is 0.243. The third kappa shape index (κ3) is 3.90. The molecule has 8 heteroatoms. The summed E-state index contributed by atoms with van der Waals surface area (Å²) in [5.41, 5.74) is 4.22. The van der Waals surface area contributed by atoms with Gasteiger partial charge in [0.2, 0.25) is 0 Å². The molecule has 0 atom stereocenters. The topological polar surface area (TPSA) is 79.5 Å². The molecule has 2 N–H and O–H groups in total. The van der Waals surface area contributed by atoms with Crippen molar-refractivity contribution in [1.82, 2.24) is 14.6 Å². The average molecular weight is 427 g/mol. The van der Waals surface area contributed by atoms with Gasteiger partial charge in [-0.05, 0) is 42.3 Å². The van der Waals surface area contributed by atoms with E-state index in [0.717, 1.165) is 28.2 Å². The summed E-state index contributed by atoms with van der Waals surface area (Å²) >= 11 is 12.2. The normalized spacial score (nSPS) is 11.0. The van der Waals surface area contributed by atoms with Crippen molar-refractivity contribution in [3.63, 3.8) is 0 Å². The molecule has 0 saturated heterocycles. The number of rotatable bonds is 5. The zero-order valence-corrected chi connectivity index (χ0v) is 16.9. The van der Waals surface area contributed by atoms with Gasteiger partial charge in [0.05, 0.1) is 17.5 Å². The maximum absolute atomic E-state index is 11.2. The molecular weight excluding hydrogens is 411 g/mol. The summed E-state index contributed by atoms with van der Waals surface area (Å²) < 4.78 is 1.70. The molecule has 4 aromatic rings. The van der Waals surface area contributed by atoms with Gasteiger partial charge < -0.3 is 10.4 Å². The van der Waals surface area contributed by atoms with Gasteiger partial charge in [0.25, 0.3) is 0 Å². The molecule has 0 unspecified atom stereocenters. The Balaban J connectivity index is 1.72. The summed E-state index contributed by atoms with van der Waals surface area (Å²) in [6.45, 7) is 2.34. The van der Waals surface area contributed by atoms with E-state index < -0.39 is 5.97 Å². The second-order valence-electron chi connectivity index (χ2n) is 6.55. The number of carbonyl (C=O) groups is 1. The lowest BCUT2D eigenvalue weighted by molar-refractivity contribution is 0.0697. The van der Waals surface area contributed by atoms with E-state index >= 15 is 0 Å². The van der Waals surface area contributed by atoms with Gasteiger partial charge in [-0.1, -0.05) is 35.3 Å². The fraction of sp³-hybridized carbons (Fsp3) is 0.0952. The third-order valence-corrected chi connectivity index (χ3v) is 5.17. The first kappa shape index (κ1) is 19.2. The number of aromatic nitrogens is 3. The molecule has 0 saturated carbocycles. The van der Waals surface area contributed by atoms with E-state index in [2.05, 4.69) is 15.4 Å². The van der Waals surface area contributed by atoms with Crippen molar-refractivity contribution < 1.29 is 9.90 Å².